The first kappa shape index (κ1) is 12.9. The van der Waals surface area contributed by atoms with Crippen molar-refractivity contribution in [3.8, 4) is 0 Å². The topological polar surface area (TPSA) is 43.4 Å². The SMILES string of the molecule is C=C(C)C(=O)OCC(=O)CCCCC. The minimum absolute atomic E-state index is 0.0203. The molecule has 0 N–H and O–H groups in total. The molecule has 0 saturated heterocycles. The van der Waals surface area contributed by atoms with Crippen LogP contribution in [0.4, 0.5) is 0 Å². The van der Waals surface area contributed by atoms with E-state index < -0.39 is 5.97 Å². The lowest BCUT2D eigenvalue weighted by atomic mass is 10.1. The Morgan fingerprint density at radius 1 is 1.29 bits per heavy atom. The van der Waals surface area contributed by atoms with E-state index in [1.807, 2.05) is 0 Å². The molecule has 0 unspecified atom stereocenters. The molecule has 14 heavy (non-hydrogen) atoms. The lowest BCUT2D eigenvalue weighted by Gasteiger charge is -2.02. The molecule has 0 aliphatic rings. The molecule has 0 amide bonds. The van der Waals surface area contributed by atoms with Crippen LogP contribution >= 0.6 is 0 Å². The summed E-state index contributed by atoms with van der Waals surface area (Å²) in [5.41, 5.74) is 0.325. The van der Waals surface area contributed by atoms with Gasteiger partial charge in [0, 0.05) is 12.0 Å². The summed E-state index contributed by atoms with van der Waals surface area (Å²) in [4.78, 5) is 22.0. The molecule has 0 saturated carbocycles. The highest BCUT2D eigenvalue weighted by Crippen LogP contribution is 2.00. The van der Waals surface area contributed by atoms with Gasteiger partial charge in [0.25, 0.3) is 0 Å². The number of hydrogen-bond acceptors (Lipinski definition) is 3. The number of Topliss-reactive ketones (excluding diaryl/α,β-unsaturated/α-hetero) is 1. The van der Waals surface area contributed by atoms with E-state index in [0.717, 1.165) is 19.3 Å². The highest BCUT2D eigenvalue weighted by atomic mass is 16.5. The number of ketones is 1. The Morgan fingerprint density at radius 3 is 2.43 bits per heavy atom. The van der Waals surface area contributed by atoms with Crippen LogP contribution in [0.3, 0.4) is 0 Å². The van der Waals surface area contributed by atoms with E-state index in [9.17, 15) is 9.59 Å². The number of ether oxygens (including phenoxy) is 1. The van der Waals surface area contributed by atoms with Crippen molar-refractivity contribution in [2.45, 2.75) is 39.5 Å². The molecular weight excluding hydrogens is 180 g/mol. The molecule has 0 heterocycles. The molecule has 0 spiro atoms. The molecular formula is C11H18O3. The van der Waals surface area contributed by atoms with Crippen LogP contribution in [-0.4, -0.2) is 18.4 Å². The van der Waals surface area contributed by atoms with Crippen molar-refractivity contribution < 1.29 is 14.3 Å². The summed E-state index contributed by atoms with van der Waals surface area (Å²) in [5.74, 6) is -0.512. The first-order chi connectivity index (χ1) is 6.57. The fourth-order valence-electron chi connectivity index (χ4n) is 0.914. The maximum atomic E-state index is 11.1. The Bertz CT molecular complexity index is 219. The second-order valence-corrected chi connectivity index (χ2v) is 3.35. The summed E-state index contributed by atoms with van der Waals surface area (Å²) in [6, 6.07) is 0. The van der Waals surface area contributed by atoms with E-state index >= 15 is 0 Å². The number of esters is 1. The molecule has 0 aliphatic heterocycles. The Balaban J connectivity index is 3.54. The molecule has 0 atom stereocenters. The minimum atomic E-state index is -0.492. The second kappa shape index (κ2) is 7.30. The normalized spacial score (nSPS) is 9.57. The molecule has 0 aliphatic carbocycles. The van der Waals surface area contributed by atoms with Crippen LogP contribution in [0.15, 0.2) is 12.2 Å². The van der Waals surface area contributed by atoms with E-state index in [4.69, 9.17) is 4.74 Å². The van der Waals surface area contributed by atoms with Gasteiger partial charge in [-0.2, -0.15) is 0 Å². The molecule has 0 radical (unpaired) electrons. The van der Waals surface area contributed by atoms with Gasteiger partial charge in [0.1, 0.15) is 6.61 Å². The summed E-state index contributed by atoms with van der Waals surface area (Å²) in [6.45, 7) is 6.94. The molecule has 3 heteroatoms. The van der Waals surface area contributed by atoms with E-state index in [0.29, 0.717) is 12.0 Å². The zero-order chi connectivity index (χ0) is 11.0. The number of hydrogen-bond donors (Lipinski definition) is 0. The van der Waals surface area contributed by atoms with Crippen molar-refractivity contribution >= 4 is 11.8 Å². The maximum absolute atomic E-state index is 11.1. The molecule has 0 aromatic rings. The summed E-state index contributed by atoms with van der Waals surface area (Å²) in [5, 5.41) is 0. The van der Waals surface area contributed by atoms with Gasteiger partial charge in [-0.3, -0.25) is 4.79 Å². The van der Waals surface area contributed by atoms with Gasteiger partial charge < -0.3 is 4.74 Å². The quantitative estimate of drug-likeness (QED) is 0.358. The van der Waals surface area contributed by atoms with E-state index in [1.165, 1.54) is 0 Å². The zero-order valence-electron chi connectivity index (χ0n) is 8.97. The van der Waals surface area contributed by atoms with Gasteiger partial charge >= 0.3 is 5.97 Å². The monoisotopic (exact) mass is 198 g/mol. The van der Waals surface area contributed by atoms with Gasteiger partial charge in [-0.05, 0) is 13.3 Å². The molecule has 0 bridgehead atoms. The standard InChI is InChI=1S/C11H18O3/c1-4-5-6-7-10(12)8-14-11(13)9(2)3/h2,4-8H2,1,3H3. The molecule has 0 aromatic carbocycles. The van der Waals surface area contributed by atoms with Gasteiger partial charge in [0.05, 0.1) is 0 Å². The fourth-order valence-corrected chi connectivity index (χ4v) is 0.914. The summed E-state index contributed by atoms with van der Waals surface area (Å²) in [7, 11) is 0. The first-order valence-corrected chi connectivity index (χ1v) is 4.92. The van der Waals surface area contributed by atoms with Crippen LogP contribution in [-0.2, 0) is 14.3 Å². The first-order valence-electron chi connectivity index (χ1n) is 4.92. The van der Waals surface area contributed by atoms with Crippen LogP contribution in [0.1, 0.15) is 39.5 Å². The van der Waals surface area contributed by atoms with Crippen LogP contribution in [0.5, 0.6) is 0 Å². The van der Waals surface area contributed by atoms with Crippen molar-refractivity contribution in [1.82, 2.24) is 0 Å². The van der Waals surface area contributed by atoms with Crippen molar-refractivity contribution in [1.29, 1.82) is 0 Å². The lowest BCUT2D eigenvalue weighted by Crippen LogP contribution is -2.13. The highest BCUT2D eigenvalue weighted by Gasteiger charge is 2.07. The van der Waals surface area contributed by atoms with E-state index in [1.54, 1.807) is 6.92 Å². The van der Waals surface area contributed by atoms with Crippen LogP contribution in [0, 0.1) is 0 Å². The minimum Gasteiger partial charge on any atom is -0.454 e. The average Bonchev–Trinajstić information content (AvgIpc) is 2.14. The van der Waals surface area contributed by atoms with Crippen molar-refractivity contribution in [2.24, 2.45) is 0 Å². The maximum Gasteiger partial charge on any atom is 0.333 e. The predicted molar refractivity (Wildman–Crippen MR) is 54.9 cm³/mol. The van der Waals surface area contributed by atoms with Gasteiger partial charge in [0.15, 0.2) is 5.78 Å². The summed E-state index contributed by atoms with van der Waals surface area (Å²) in [6.07, 6.45) is 3.50. The van der Waals surface area contributed by atoms with Gasteiger partial charge in [-0.25, -0.2) is 4.79 Å². The third kappa shape index (κ3) is 6.40. The van der Waals surface area contributed by atoms with E-state index in [2.05, 4.69) is 13.5 Å². The van der Waals surface area contributed by atoms with Crippen LogP contribution in [0.2, 0.25) is 0 Å². The largest absolute Gasteiger partial charge is 0.454 e. The Morgan fingerprint density at radius 2 is 1.93 bits per heavy atom. The molecule has 0 rings (SSSR count). The lowest BCUT2D eigenvalue weighted by molar-refractivity contribution is -0.144. The Labute approximate surface area is 85.1 Å². The van der Waals surface area contributed by atoms with E-state index in [-0.39, 0.29) is 12.4 Å². The number of unbranched alkanes of at least 4 members (excludes halogenated alkanes) is 2. The summed E-state index contributed by atoms with van der Waals surface area (Å²) >= 11 is 0. The third-order valence-electron chi connectivity index (χ3n) is 1.77. The highest BCUT2D eigenvalue weighted by molar-refractivity contribution is 5.89. The molecule has 80 valence electrons. The smallest absolute Gasteiger partial charge is 0.333 e. The fraction of sp³-hybridized carbons (Fsp3) is 0.636. The van der Waals surface area contributed by atoms with Gasteiger partial charge in [-0.15, -0.1) is 0 Å². The Hall–Kier alpha value is -1.12. The zero-order valence-corrected chi connectivity index (χ0v) is 8.97. The van der Waals surface area contributed by atoms with Gasteiger partial charge in [-0.1, -0.05) is 26.3 Å². The number of carbonyl (C=O) groups is 2. The molecule has 0 aromatic heterocycles. The Kier molecular flexibility index (Phi) is 6.72. The van der Waals surface area contributed by atoms with Gasteiger partial charge in [0.2, 0.25) is 0 Å². The van der Waals surface area contributed by atoms with Crippen LogP contribution in [0.25, 0.3) is 0 Å². The molecule has 3 nitrogen and oxygen atoms in total. The van der Waals surface area contributed by atoms with Crippen molar-refractivity contribution in [2.75, 3.05) is 6.61 Å². The third-order valence-corrected chi connectivity index (χ3v) is 1.77. The second-order valence-electron chi connectivity index (χ2n) is 3.35. The van der Waals surface area contributed by atoms with Crippen molar-refractivity contribution in [3.05, 3.63) is 12.2 Å². The number of rotatable bonds is 7. The predicted octanol–water partition coefficient (Wildman–Crippen LogP) is 2.26. The van der Waals surface area contributed by atoms with Crippen LogP contribution < -0.4 is 0 Å². The summed E-state index contributed by atoms with van der Waals surface area (Å²) < 4.78 is 4.71. The van der Waals surface area contributed by atoms with Crippen molar-refractivity contribution in [3.63, 3.8) is 0 Å². The molecule has 0 fully saturated rings. The number of carbonyl (C=O) groups excluding carboxylic acids is 2. The average molecular weight is 198 g/mol.